The molecule has 0 spiro atoms. The molecule has 0 bridgehead atoms. The van der Waals surface area contributed by atoms with Crippen molar-refractivity contribution >= 4 is 11.6 Å². The summed E-state index contributed by atoms with van der Waals surface area (Å²) in [5.41, 5.74) is 1.29. The van der Waals surface area contributed by atoms with Crippen LogP contribution in [0.2, 0.25) is 0 Å². The van der Waals surface area contributed by atoms with Gasteiger partial charge in [0.05, 0.1) is 6.54 Å². The Morgan fingerprint density at radius 3 is 2.77 bits per heavy atom. The Balaban J connectivity index is 1.65. The minimum absolute atomic E-state index is 0.190. The van der Waals surface area contributed by atoms with Crippen molar-refractivity contribution in [2.24, 2.45) is 0 Å². The molecular weight excluding hydrogens is 332 g/mol. The first-order valence-electron chi connectivity index (χ1n) is 8.18. The van der Waals surface area contributed by atoms with Gasteiger partial charge < -0.3 is 10.2 Å². The van der Waals surface area contributed by atoms with Gasteiger partial charge in [-0.3, -0.25) is 9.59 Å². The van der Waals surface area contributed by atoms with Crippen molar-refractivity contribution in [1.82, 2.24) is 24.9 Å². The van der Waals surface area contributed by atoms with E-state index in [1.807, 2.05) is 37.2 Å². The Kier molecular flexibility index (Phi) is 5.12. The Hall–Kier alpha value is -3.42. The molecule has 8 nitrogen and oxygen atoms in total. The fourth-order valence-electron chi connectivity index (χ4n) is 2.43. The second-order valence-corrected chi connectivity index (χ2v) is 5.90. The standard InChI is InChI=1S/C18H20N6O2/c1-22(2)15-6-3-5-14(13-15)18(26)19-10-12-24-17(25)8-7-16(21-24)23-11-4-9-20-23/h3-9,11,13H,10,12H2,1-2H3,(H,19,26). The normalized spacial score (nSPS) is 10.5. The number of nitrogens with one attached hydrogen (secondary N) is 1. The highest BCUT2D eigenvalue weighted by Crippen LogP contribution is 2.13. The topological polar surface area (TPSA) is 85.1 Å². The fourth-order valence-corrected chi connectivity index (χ4v) is 2.43. The van der Waals surface area contributed by atoms with Crippen molar-refractivity contribution in [3.8, 4) is 5.82 Å². The predicted molar refractivity (Wildman–Crippen MR) is 98.7 cm³/mol. The van der Waals surface area contributed by atoms with E-state index in [0.717, 1.165) is 5.69 Å². The van der Waals surface area contributed by atoms with Crippen molar-refractivity contribution < 1.29 is 4.79 Å². The van der Waals surface area contributed by atoms with Gasteiger partial charge in [0, 0.05) is 50.4 Å². The summed E-state index contributed by atoms with van der Waals surface area (Å²) in [4.78, 5) is 26.2. The van der Waals surface area contributed by atoms with Crippen molar-refractivity contribution in [3.05, 3.63) is 70.8 Å². The lowest BCUT2D eigenvalue weighted by Crippen LogP contribution is -2.32. The predicted octanol–water partition coefficient (Wildman–Crippen LogP) is 0.925. The fraction of sp³-hybridized carbons (Fsp3) is 0.222. The lowest BCUT2D eigenvalue weighted by molar-refractivity contribution is 0.0952. The monoisotopic (exact) mass is 352 g/mol. The third-order valence-corrected chi connectivity index (χ3v) is 3.83. The first-order valence-corrected chi connectivity index (χ1v) is 8.18. The molecule has 0 saturated heterocycles. The number of hydrogen-bond acceptors (Lipinski definition) is 5. The molecule has 0 unspecified atom stereocenters. The first kappa shape index (κ1) is 17.4. The lowest BCUT2D eigenvalue weighted by atomic mass is 10.2. The maximum atomic E-state index is 12.3. The number of carbonyl (C=O) groups excluding carboxylic acids is 1. The van der Waals surface area contributed by atoms with Crippen LogP contribution in [0, 0.1) is 0 Å². The van der Waals surface area contributed by atoms with Gasteiger partial charge >= 0.3 is 0 Å². The van der Waals surface area contributed by atoms with Crippen LogP contribution in [0.1, 0.15) is 10.4 Å². The third-order valence-electron chi connectivity index (χ3n) is 3.83. The van der Waals surface area contributed by atoms with Gasteiger partial charge in [0.1, 0.15) is 0 Å². The van der Waals surface area contributed by atoms with Gasteiger partial charge in [-0.2, -0.15) is 5.10 Å². The maximum Gasteiger partial charge on any atom is 0.266 e. The summed E-state index contributed by atoms with van der Waals surface area (Å²) >= 11 is 0. The number of aromatic nitrogens is 4. The maximum absolute atomic E-state index is 12.3. The molecule has 0 aliphatic carbocycles. The highest BCUT2D eigenvalue weighted by Gasteiger charge is 2.08. The number of rotatable bonds is 6. The lowest BCUT2D eigenvalue weighted by Gasteiger charge is -2.13. The van der Waals surface area contributed by atoms with Crippen LogP contribution < -0.4 is 15.8 Å². The van der Waals surface area contributed by atoms with E-state index in [4.69, 9.17) is 0 Å². The number of hydrogen-bond donors (Lipinski definition) is 1. The van der Waals surface area contributed by atoms with E-state index in [2.05, 4.69) is 15.5 Å². The van der Waals surface area contributed by atoms with Gasteiger partial charge in [-0.15, -0.1) is 5.10 Å². The van der Waals surface area contributed by atoms with Crippen molar-refractivity contribution in [1.29, 1.82) is 0 Å². The summed E-state index contributed by atoms with van der Waals surface area (Å²) in [6.45, 7) is 0.563. The van der Waals surface area contributed by atoms with Crippen LogP contribution >= 0.6 is 0 Å². The number of carbonyl (C=O) groups is 1. The molecule has 1 amide bonds. The van der Waals surface area contributed by atoms with E-state index in [9.17, 15) is 9.59 Å². The number of benzene rings is 1. The Morgan fingerprint density at radius 2 is 2.04 bits per heavy atom. The molecular formula is C18H20N6O2. The van der Waals surface area contributed by atoms with Crippen LogP contribution in [0.4, 0.5) is 5.69 Å². The average Bonchev–Trinajstić information content (AvgIpc) is 3.18. The van der Waals surface area contributed by atoms with Crippen molar-refractivity contribution in [2.45, 2.75) is 6.54 Å². The Labute approximate surface area is 150 Å². The van der Waals surface area contributed by atoms with Gasteiger partial charge in [-0.1, -0.05) is 6.07 Å². The molecule has 0 aliphatic heterocycles. The molecule has 2 heterocycles. The van der Waals surface area contributed by atoms with Crippen LogP contribution in [0.3, 0.4) is 0 Å². The highest BCUT2D eigenvalue weighted by molar-refractivity contribution is 5.95. The quantitative estimate of drug-likeness (QED) is 0.713. The van der Waals surface area contributed by atoms with Crippen molar-refractivity contribution in [3.63, 3.8) is 0 Å². The Morgan fingerprint density at radius 1 is 1.19 bits per heavy atom. The van der Waals surface area contributed by atoms with E-state index in [1.54, 1.807) is 35.3 Å². The van der Waals surface area contributed by atoms with Gasteiger partial charge in [0.25, 0.3) is 11.5 Å². The van der Waals surface area contributed by atoms with Gasteiger partial charge in [-0.05, 0) is 30.3 Å². The molecule has 0 atom stereocenters. The molecule has 0 saturated carbocycles. The average molecular weight is 352 g/mol. The molecule has 0 aliphatic rings. The zero-order chi connectivity index (χ0) is 18.5. The number of amides is 1. The van der Waals surface area contributed by atoms with Crippen LogP contribution in [0.25, 0.3) is 5.82 Å². The number of anilines is 1. The van der Waals surface area contributed by atoms with Crippen molar-refractivity contribution in [2.75, 3.05) is 25.5 Å². The third kappa shape index (κ3) is 3.97. The highest BCUT2D eigenvalue weighted by atomic mass is 16.2. The minimum Gasteiger partial charge on any atom is -0.378 e. The van der Waals surface area contributed by atoms with E-state index >= 15 is 0 Å². The summed E-state index contributed by atoms with van der Waals surface area (Å²) in [5, 5.41) is 11.2. The minimum atomic E-state index is -0.232. The summed E-state index contributed by atoms with van der Waals surface area (Å²) < 4.78 is 2.88. The molecule has 8 heteroatoms. The molecule has 134 valence electrons. The second-order valence-electron chi connectivity index (χ2n) is 5.90. The SMILES string of the molecule is CN(C)c1cccc(C(=O)NCCn2nc(-n3cccn3)ccc2=O)c1. The van der Waals surface area contributed by atoms with Gasteiger partial charge in [-0.25, -0.2) is 9.36 Å². The second kappa shape index (κ2) is 7.64. The van der Waals surface area contributed by atoms with Crippen LogP contribution in [0.15, 0.2) is 59.7 Å². The summed E-state index contributed by atoms with van der Waals surface area (Å²) in [5.74, 6) is 0.351. The van der Waals surface area contributed by atoms with E-state index in [0.29, 0.717) is 17.9 Å². The van der Waals surface area contributed by atoms with E-state index < -0.39 is 0 Å². The van der Waals surface area contributed by atoms with E-state index in [1.165, 1.54) is 10.7 Å². The molecule has 1 aromatic carbocycles. The van der Waals surface area contributed by atoms with E-state index in [-0.39, 0.29) is 18.0 Å². The first-order chi connectivity index (χ1) is 12.5. The van der Waals surface area contributed by atoms with Gasteiger partial charge in [0.2, 0.25) is 0 Å². The summed E-state index contributed by atoms with van der Waals surface area (Å²) in [6, 6.07) is 12.2. The molecule has 3 aromatic rings. The molecule has 2 aromatic heterocycles. The summed E-state index contributed by atoms with van der Waals surface area (Å²) in [6.07, 6.45) is 3.38. The van der Waals surface area contributed by atoms with Gasteiger partial charge in [0.15, 0.2) is 5.82 Å². The summed E-state index contributed by atoms with van der Waals surface area (Å²) in [7, 11) is 3.84. The molecule has 0 fully saturated rings. The molecule has 3 rings (SSSR count). The largest absolute Gasteiger partial charge is 0.378 e. The number of nitrogens with zero attached hydrogens (tertiary/aromatic N) is 5. The van der Waals surface area contributed by atoms with Crippen LogP contribution in [-0.2, 0) is 6.54 Å². The zero-order valence-corrected chi connectivity index (χ0v) is 14.7. The smallest absolute Gasteiger partial charge is 0.266 e. The zero-order valence-electron chi connectivity index (χ0n) is 14.7. The molecule has 26 heavy (non-hydrogen) atoms. The van der Waals surface area contributed by atoms with Crippen LogP contribution in [-0.4, -0.2) is 46.1 Å². The van der Waals surface area contributed by atoms with Crippen LogP contribution in [0.5, 0.6) is 0 Å². The Bertz CT molecular complexity index is 946. The molecule has 0 radical (unpaired) electrons. The molecule has 1 N–H and O–H groups in total.